The second-order valence-electron chi connectivity index (χ2n) is 5.07. The van der Waals surface area contributed by atoms with Crippen LogP contribution in [0.3, 0.4) is 0 Å². The van der Waals surface area contributed by atoms with E-state index in [4.69, 9.17) is 4.74 Å². The van der Waals surface area contributed by atoms with Crippen molar-refractivity contribution < 1.29 is 4.74 Å². The number of morpholine rings is 1. The normalized spacial score (nSPS) is 32.4. The molecule has 1 aromatic heterocycles. The quantitative estimate of drug-likeness (QED) is 0.749. The second-order valence-corrected chi connectivity index (χ2v) is 5.07. The van der Waals surface area contributed by atoms with Crippen molar-refractivity contribution in [3.05, 3.63) is 18.1 Å². The van der Waals surface area contributed by atoms with E-state index in [9.17, 15) is 0 Å². The molecule has 2 aliphatic heterocycles. The summed E-state index contributed by atoms with van der Waals surface area (Å²) in [5.41, 5.74) is 1.23. The molecule has 0 N–H and O–H groups in total. The molecule has 0 radical (unpaired) electrons. The van der Waals surface area contributed by atoms with Crippen LogP contribution in [0.15, 0.2) is 12.4 Å². The summed E-state index contributed by atoms with van der Waals surface area (Å²) in [6.45, 7) is 1.87. The Bertz CT molecular complexity index is 418. The zero-order chi connectivity index (χ0) is 10.5. The first kappa shape index (κ1) is 8.93. The molecule has 4 nitrogen and oxygen atoms in total. The molecule has 0 aromatic carbocycles. The number of rotatable bonds is 2. The van der Waals surface area contributed by atoms with Crippen LogP contribution in [0.5, 0.6) is 0 Å². The van der Waals surface area contributed by atoms with Gasteiger partial charge in [-0.15, -0.1) is 0 Å². The number of ether oxygens (including phenoxy) is 1. The first-order valence-corrected chi connectivity index (χ1v) is 6.10. The minimum Gasteiger partial charge on any atom is -0.374 e. The fraction of sp³-hybridized carbons (Fsp3) is 0.667. The minimum atomic E-state index is 0.435. The van der Waals surface area contributed by atoms with E-state index in [-0.39, 0.29) is 0 Å². The van der Waals surface area contributed by atoms with Gasteiger partial charge < -0.3 is 9.64 Å². The van der Waals surface area contributed by atoms with Gasteiger partial charge in [-0.2, -0.15) is 0 Å². The smallest absolute Gasteiger partial charge is 0.132 e. The highest BCUT2D eigenvalue weighted by Crippen LogP contribution is 2.40. The molecule has 2 unspecified atom stereocenters. The SMILES string of the molecule is c1nc(C2CC2)cc(N2CC3CC2CO3)n1. The summed E-state index contributed by atoms with van der Waals surface area (Å²) in [4.78, 5) is 11.2. The van der Waals surface area contributed by atoms with E-state index in [2.05, 4.69) is 20.9 Å². The lowest BCUT2D eigenvalue weighted by Gasteiger charge is -2.27. The third-order valence-electron chi connectivity index (χ3n) is 3.86. The van der Waals surface area contributed by atoms with Gasteiger partial charge in [0.25, 0.3) is 0 Å². The lowest BCUT2D eigenvalue weighted by Crippen LogP contribution is -2.37. The Labute approximate surface area is 94.6 Å². The summed E-state index contributed by atoms with van der Waals surface area (Å²) in [7, 11) is 0. The second kappa shape index (κ2) is 3.17. The van der Waals surface area contributed by atoms with Gasteiger partial charge in [-0.3, -0.25) is 0 Å². The van der Waals surface area contributed by atoms with Crippen molar-refractivity contribution in [2.45, 2.75) is 37.3 Å². The standard InChI is InChI=1S/C12H15N3O/c1-2-8(1)11-4-12(14-7-13-11)15-5-10-3-9(15)6-16-10/h4,7-10H,1-3,5-6H2. The van der Waals surface area contributed by atoms with Crippen molar-refractivity contribution >= 4 is 5.82 Å². The highest BCUT2D eigenvalue weighted by atomic mass is 16.5. The molecular formula is C12H15N3O. The van der Waals surface area contributed by atoms with E-state index in [0.717, 1.165) is 19.0 Å². The maximum atomic E-state index is 5.61. The van der Waals surface area contributed by atoms with Crippen LogP contribution in [0.4, 0.5) is 5.82 Å². The summed E-state index contributed by atoms with van der Waals surface area (Å²) in [5.74, 6) is 1.81. The highest BCUT2D eigenvalue weighted by molar-refractivity contribution is 5.44. The average molecular weight is 217 g/mol. The summed E-state index contributed by atoms with van der Waals surface area (Å²) in [6, 6.07) is 2.73. The van der Waals surface area contributed by atoms with Gasteiger partial charge in [0.1, 0.15) is 12.1 Å². The average Bonchev–Trinajstić information content (AvgIpc) is 2.98. The van der Waals surface area contributed by atoms with E-state index in [1.807, 2.05) is 0 Å². The number of nitrogens with zero attached hydrogens (tertiary/aromatic N) is 3. The third kappa shape index (κ3) is 1.33. The van der Waals surface area contributed by atoms with E-state index < -0.39 is 0 Å². The zero-order valence-electron chi connectivity index (χ0n) is 9.17. The molecule has 3 aliphatic rings. The zero-order valence-corrected chi connectivity index (χ0v) is 9.17. The van der Waals surface area contributed by atoms with Gasteiger partial charge in [0.15, 0.2) is 0 Å². The van der Waals surface area contributed by atoms with Crippen molar-refractivity contribution in [2.75, 3.05) is 18.1 Å². The molecular weight excluding hydrogens is 202 g/mol. The predicted octanol–water partition coefficient (Wildman–Crippen LogP) is 1.33. The molecule has 3 fully saturated rings. The fourth-order valence-electron chi connectivity index (χ4n) is 2.80. The lowest BCUT2D eigenvalue weighted by atomic mass is 10.2. The molecule has 2 bridgehead atoms. The molecule has 2 saturated heterocycles. The summed E-state index contributed by atoms with van der Waals surface area (Å²) >= 11 is 0. The van der Waals surface area contributed by atoms with Gasteiger partial charge in [0.2, 0.25) is 0 Å². The monoisotopic (exact) mass is 217 g/mol. The minimum absolute atomic E-state index is 0.435. The lowest BCUT2D eigenvalue weighted by molar-refractivity contribution is 0.0989. The topological polar surface area (TPSA) is 38.2 Å². The Hall–Kier alpha value is -1.16. The molecule has 4 rings (SSSR count). The Balaban J connectivity index is 1.64. The summed E-state index contributed by atoms with van der Waals surface area (Å²) < 4.78 is 5.61. The van der Waals surface area contributed by atoms with Gasteiger partial charge in [0, 0.05) is 24.2 Å². The number of hydrogen-bond donors (Lipinski definition) is 0. The van der Waals surface area contributed by atoms with E-state index in [0.29, 0.717) is 18.1 Å². The van der Waals surface area contributed by atoms with Crippen molar-refractivity contribution in [1.82, 2.24) is 9.97 Å². The molecule has 0 spiro atoms. The summed E-state index contributed by atoms with van der Waals surface area (Å²) in [6.07, 6.45) is 5.92. The molecule has 1 aromatic rings. The van der Waals surface area contributed by atoms with E-state index in [1.54, 1.807) is 6.33 Å². The van der Waals surface area contributed by atoms with Crippen LogP contribution in [-0.4, -0.2) is 35.3 Å². The van der Waals surface area contributed by atoms with Gasteiger partial charge in [0.05, 0.1) is 18.8 Å². The highest BCUT2D eigenvalue weighted by Gasteiger charge is 2.40. The maximum Gasteiger partial charge on any atom is 0.132 e. The third-order valence-corrected chi connectivity index (χ3v) is 3.86. The van der Waals surface area contributed by atoms with Gasteiger partial charge in [-0.25, -0.2) is 9.97 Å². The number of aromatic nitrogens is 2. The van der Waals surface area contributed by atoms with Gasteiger partial charge in [-0.1, -0.05) is 0 Å². The molecule has 1 aliphatic carbocycles. The van der Waals surface area contributed by atoms with Crippen molar-refractivity contribution in [2.24, 2.45) is 0 Å². The van der Waals surface area contributed by atoms with Crippen molar-refractivity contribution in [3.63, 3.8) is 0 Å². The Morgan fingerprint density at radius 3 is 2.94 bits per heavy atom. The Morgan fingerprint density at radius 1 is 1.31 bits per heavy atom. The molecule has 2 atom stereocenters. The van der Waals surface area contributed by atoms with Crippen LogP contribution in [0, 0.1) is 0 Å². The maximum absolute atomic E-state index is 5.61. The number of fused-ring (bicyclic) bond motifs is 2. The van der Waals surface area contributed by atoms with Crippen LogP contribution < -0.4 is 4.90 Å². The van der Waals surface area contributed by atoms with Gasteiger partial charge >= 0.3 is 0 Å². The molecule has 4 heteroatoms. The molecule has 84 valence electrons. The van der Waals surface area contributed by atoms with E-state index >= 15 is 0 Å². The van der Waals surface area contributed by atoms with Crippen molar-refractivity contribution in [1.29, 1.82) is 0 Å². The fourth-order valence-corrected chi connectivity index (χ4v) is 2.80. The van der Waals surface area contributed by atoms with Crippen LogP contribution in [0.2, 0.25) is 0 Å². The Morgan fingerprint density at radius 2 is 2.25 bits per heavy atom. The summed E-state index contributed by atoms with van der Waals surface area (Å²) in [5, 5.41) is 0. The predicted molar refractivity (Wildman–Crippen MR) is 59.5 cm³/mol. The van der Waals surface area contributed by atoms with Crippen molar-refractivity contribution in [3.8, 4) is 0 Å². The first-order chi connectivity index (χ1) is 7.90. The van der Waals surface area contributed by atoms with Crippen LogP contribution in [0.1, 0.15) is 30.9 Å². The largest absolute Gasteiger partial charge is 0.374 e. The van der Waals surface area contributed by atoms with Gasteiger partial charge in [-0.05, 0) is 19.3 Å². The number of hydrogen-bond acceptors (Lipinski definition) is 4. The Kier molecular flexibility index (Phi) is 1.77. The van der Waals surface area contributed by atoms with Crippen LogP contribution in [-0.2, 0) is 4.74 Å². The molecule has 16 heavy (non-hydrogen) atoms. The molecule has 0 amide bonds. The molecule has 1 saturated carbocycles. The number of anilines is 1. The first-order valence-electron chi connectivity index (χ1n) is 6.10. The van der Waals surface area contributed by atoms with E-state index in [1.165, 1.54) is 25.0 Å². The molecule has 3 heterocycles. The van der Waals surface area contributed by atoms with Crippen LogP contribution in [0.25, 0.3) is 0 Å². The van der Waals surface area contributed by atoms with Crippen LogP contribution >= 0.6 is 0 Å².